The lowest BCUT2D eigenvalue weighted by atomic mass is 10.3. The molecule has 0 saturated heterocycles. The molecule has 0 aliphatic rings. The number of amides is 3. The van der Waals surface area contributed by atoms with Crippen molar-refractivity contribution in [1.82, 2.24) is 20.2 Å². The quantitative estimate of drug-likeness (QED) is 0.609. The molecule has 1 aromatic carbocycles. The Bertz CT molecular complexity index is 890. The molecular formula is C18H20N4O2S2. The fourth-order valence-electron chi connectivity index (χ4n) is 2.56. The number of imidazole rings is 1. The Kier molecular flexibility index (Phi) is 6.30. The number of nitrogens with zero attached hydrogens (tertiary/aromatic N) is 2. The lowest BCUT2D eigenvalue weighted by Crippen LogP contribution is -2.41. The lowest BCUT2D eigenvalue weighted by Gasteiger charge is -2.07. The molecule has 3 aromatic rings. The number of rotatable bonds is 7. The van der Waals surface area contributed by atoms with Crippen LogP contribution in [0.3, 0.4) is 0 Å². The van der Waals surface area contributed by atoms with Crippen molar-refractivity contribution in [3.8, 4) is 0 Å². The van der Waals surface area contributed by atoms with Crippen LogP contribution >= 0.6 is 23.1 Å². The van der Waals surface area contributed by atoms with Crippen LogP contribution in [0.4, 0.5) is 4.79 Å². The maximum Gasteiger partial charge on any atom is 0.321 e. The highest BCUT2D eigenvalue weighted by Crippen LogP contribution is 2.23. The third-order valence-electron chi connectivity index (χ3n) is 3.76. The van der Waals surface area contributed by atoms with E-state index < -0.39 is 6.03 Å². The molecular weight excluding hydrogens is 368 g/mol. The molecule has 0 aliphatic carbocycles. The first kappa shape index (κ1) is 18.5. The first-order chi connectivity index (χ1) is 12.7. The van der Waals surface area contributed by atoms with Crippen molar-refractivity contribution in [1.29, 1.82) is 0 Å². The van der Waals surface area contributed by atoms with E-state index in [1.807, 2.05) is 48.7 Å². The molecule has 2 heterocycles. The van der Waals surface area contributed by atoms with E-state index in [4.69, 9.17) is 0 Å². The van der Waals surface area contributed by atoms with Crippen LogP contribution in [-0.4, -0.2) is 33.8 Å². The largest absolute Gasteiger partial charge is 0.337 e. The van der Waals surface area contributed by atoms with Crippen molar-refractivity contribution in [3.63, 3.8) is 0 Å². The zero-order valence-electron chi connectivity index (χ0n) is 14.4. The third kappa shape index (κ3) is 4.64. The van der Waals surface area contributed by atoms with Gasteiger partial charge in [-0.3, -0.25) is 10.1 Å². The molecule has 0 aliphatic heterocycles. The highest BCUT2D eigenvalue weighted by molar-refractivity contribution is 7.99. The predicted octanol–water partition coefficient (Wildman–Crippen LogP) is 3.28. The molecule has 3 amide bonds. The molecule has 0 saturated carbocycles. The number of nitrogens with one attached hydrogen (secondary N) is 2. The standard InChI is InChI=1S/C18H20N4O2S2/c1-2-22-15-8-4-3-7-14(15)20-18(22)26-12-16(23)21-17(24)19-10-9-13-6-5-11-25-13/h3-8,11H,2,9-10,12H2,1H3,(H2,19,21,23,24). The van der Waals surface area contributed by atoms with Gasteiger partial charge in [0, 0.05) is 18.0 Å². The van der Waals surface area contributed by atoms with E-state index in [0.717, 1.165) is 29.2 Å². The lowest BCUT2D eigenvalue weighted by molar-refractivity contribution is -0.117. The monoisotopic (exact) mass is 388 g/mol. The van der Waals surface area contributed by atoms with Crippen LogP contribution in [-0.2, 0) is 17.8 Å². The van der Waals surface area contributed by atoms with Gasteiger partial charge in [-0.15, -0.1) is 11.3 Å². The number of hydrogen-bond donors (Lipinski definition) is 2. The van der Waals surface area contributed by atoms with Gasteiger partial charge in [0.2, 0.25) is 5.91 Å². The van der Waals surface area contributed by atoms with Crippen LogP contribution in [0.2, 0.25) is 0 Å². The number of aryl methyl sites for hydroxylation is 1. The molecule has 3 rings (SSSR count). The smallest absolute Gasteiger partial charge is 0.321 e. The van der Waals surface area contributed by atoms with Crippen molar-refractivity contribution < 1.29 is 9.59 Å². The van der Waals surface area contributed by atoms with Crippen LogP contribution in [0, 0.1) is 0 Å². The average molecular weight is 389 g/mol. The summed E-state index contributed by atoms with van der Waals surface area (Å²) in [6.07, 6.45) is 0.758. The van der Waals surface area contributed by atoms with Crippen LogP contribution in [0.25, 0.3) is 11.0 Å². The average Bonchev–Trinajstić information content (AvgIpc) is 3.26. The number of imide groups is 1. The summed E-state index contributed by atoms with van der Waals surface area (Å²) in [4.78, 5) is 29.6. The zero-order valence-corrected chi connectivity index (χ0v) is 16.0. The number of benzene rings is 1. The van der Waals surface area contributed by atoms with E-state index in [9.17, 15) is 9.59 Å². The fourth-order valence-corrected chi connectivity index (χ4v) is 4.15. The molecule has 0 radical (unpaired) electrons. The minimum absolute atomic E-state index is 0.141. The summed E-state index contributed by atoms with van der Waals surface area (Å²) in [5.74, 6) is -0.194. The second-order valence-electron chi connectivity index (χ2n) is 5.55. The van der Waals surface area contributed by atoms with Gasteiger partial charge in [-0.1, -0.05) is 30.0 Å². The first-order valence-electron chi connectivity index (χ1n) is 8.35. The molecule has 0 bridgehead atoms. The van der Waals surface area contributed by atoms with Crippen molar-refractivity contribution in [3.05, 3.63) is 46.7 Å². The van der Waals surface area contributed by atoms with Gasteiger partial charge in [0.15, 0.2) is 5.16 Å². The molecule has 0 atom stereocenters. The number of fused-ring (bicyclic) bond motifs is 1. The van der Waals surface area contributed by atoms with E-state index in [2.05, 4.69) is 20.2 Å². The summed E-state index contributed by atoms with van der Waals surface area (Å²) in [6.45, 7) is 3.31. The minimum atomic E-state index is -0.462. The van der Waals surface area contributed by atoms with Crippen molar-refractivity contribution in [2.24, 2.45) is 0 Å². The number of hydrogen-bond acceptors (Lipinski definition) is 5. The summed E-state index contributed by atoms with van der Waals surface area (Å²) >= 11 is 2.98. The summed E-state index contributed by atoms with van der Waals surface area (Å²) in [6, 6.07) is 11.4. The van der Waals surface area contributed by atoms with Gasteiger partial charge < -0.3 is 9.88 Å². The molecule has 136 valence electrons. The predicted molar refractivity (Wildman–Crippen MR) is 106 cm³/mol. The topological polar surface area (TPSA) is 76.0 Å². The molecule has 0 unspecified atom stereocenters. The highest BCUT2D eigenvalue weighted by atomic mass is 32.2. The van der Waals surface area contributed by atoms with Crippen molar-refractivity contribution in [2.45, 2.75) is 25.0 Å². The van der Waals surface area contributed by atoms with Gasteiger partial charge in [-0.2, -0.15) is 0 Å². The number of carbonyl (C=O) groups is 2. The number of thioether (sulfide) groups is 1. The minimum Gasteiger partial charge on any atom is -0.337 e. The Morgan fingerprint density at radius 3 is 2.85 bits per heavy atom. The van der Waals surface area contributed by atoms with Crippen LogP contribution in [0.15, 0.2) is 46.9 Å². The van der Waals surface area contributed by atoms with Gasteiger partial charge in [-0.05, 0) is 36.9 Å². The summed E-state index contributed by atoms with van der Waals surface area (Å²) in [5.41, 5.74) is 1.95. The van der Waals surface area contributed by atoms with E-state index in [1.54, 1.807) is 11.3 Å². The number of urea groups is 1. The van der Waals surface area contributed by atoms with E-state index in [-0.39, 0.29) is 11.7 Å². The van der Waals surface area contributed by atoms with Gasteiger partial charge >= 0.3 is 6.03 Å². The first-order valence-corrected chi connectivity index (χ1v) is 10.2. The van der Waals surface area contributed by atoms with Crippen LogP contribution < -0.4 is 10.6 Å². The van der Waals surface area contributed by atoms with Crippen molar-refractivity contribution >= 4 is 46.1 Å². The Morgan fingerprint density at radius 2 is 2.08 bits per heavy atom. The summed E-state index contributed by atoms with van der Waals surface area (Å²) < 4.78 is 2.06. The second kappa shape index (κ2) is 8.86. The Labute approximate surface area is 160 Å². The summed E-state index contributed by atoms with van der Waals surface area (Å²) in [7, 11) is 0. The summed E-state index contributed by atoms with van der Waals surface area (Å²) in [5, 5.41) is 7.84. The Balaban J connectivity index is 1.47. The molecule has 2 N–H and O–H groups in total. The fraction of sp³-hybridized carbons (Fsp3) is 0.278. The van der Waals surface area contributed by atoms with Crippen LogP contribution in [0.5, 0.6) is 0 Å². The van der Waals surface area contributed by atoms with Gasteiger partial charge in [0.1, 0.15) is 0 Å². The van der Waals surface area contributed by atoms with Crippen LogP contribution in [0.1, 0.15) is 11.8 Å². The molecule has 0 spiro atoms. The Hall–Kier alpha value is -2.32. The second-order valence-corrected chi connectivity index (χ2v) is 7.52. The highest BCUT2D eigenvalue weighted by Gasteiger charge is 2.13. The number of thiophene rings is 1. The molecule has 0 fully saturated rings. The SMILES string of the molecule is CCn1c(SCC(=O)NC(=O)NCCc2cccs2)nc2ccccc21. The van der Waals surface area contributed by atoms with Gasteiger partial charge in [-0.25, -0.2) is 9.78 Å². The Morgan fingerprint density at radius 1 is 1.23 bits per heavy atom. The molecule has 6 nitrogen and oxygen atoms in total. The number of aromatic nitrogens is 2. The third-order valence-corrected chi connectivity index (χ3v) is 5.67. The molecule has 26 heavy (non-hydrogen) atoms. The zero-order chi connectivity index (χ0) is 18.4. The number of para-hydroxylation sites is 2. The van der Waals surface area contributed by atoms with E-state index >= 15 is 0 Å². The van der Waals surface area contributed by atoms with Crippen molar-refractivity contribution in [2.75, 3.05) is 12.3 Å². The normalized spacial score (nSPS) is 10.8. The maximum atomic E-state index is 12.0. The van der Waals surface area contributed by atoms with E-state index in [1.165, 1.54) is 16.6 Å². The molecule has 8 heteroatoms. The molecule has 2 aromatic heterocycles. The van der Waals surface area contributed by atoms with Gasteiger partial charge in [0.05, 0.1) is 16.8 Å². The number of carbonyl (C=O) groups excluding carboxylic acids is 2. The van der Waals surface area contributed by atoms with Gasteiger partial charge in [0.25, 0.3) is 0 Å². The maximum absolute atomic E-state index is 12.0. The van der Waals surface area contributed by atoms with E-state index in [0.29, 0.717) is 6.54 Å².